The minimum atomic E-state index is -1.10. The van der Waals surface area contributed by atoms with Crippen LogP contribution in [0.2, 0.25) is 0 Å². The molecule has 0 bridgehead atoms. The van der Waals surface area contributed by atoms with Gasteiger partial charge in [0.15, 0.2) is 5.16 Å². The maximum atomic E-state index is 11.0. The van der Waals surface area contributed by atoms with Crippen molar-refractivity contribution in [1.82, 2.24) is 9.97 Å². The lowest BCUT2D eigenvalue weighted by atomic mass is 10.1. The highest BCUT2D eigenvalue weighted by Gasteiger charge is 2.26. The Morgan fingerprint density at radius 2 is 2.31 bits per heavy atom. The Balaban J connectivity index is 2.80. The molecule has 0 unspecified atom stereocenters. The Kier molecular flexibility index (Phi) is 3.95. The van der Waals surface area contributed by atoms with Crippen LogP contribution in [0.15, 0.2) is 11.4 Å². The molecular formula is C9H15N3O3S. The third-order valence-electron chi connectivity index (χ3n) is 2.31. The lowest BCUT2D eigenvalue weighted by Gasteiger charge is -2.34. The first-order valence-electron chi connectivity index (χ1n) is 4.72. The number of rotatable bonds is 5. The lowest BCUT2D eigenvalue weighted by Crippen LogP contribution is -2.55. The fraction of sp³-hybridized carbons (Fsp3) is 0.556. The van der Waals surface area contributed by atoms with Crippen molar-refractivity contribution in [3.8, 4) is 0 Å². The molecule has 0 fully saturated rings. The van der Waals surface area contributed by atoms with Gasteiger partial charge in [0, 0.05) is 18.3 Å². The average molecular weight is 245 g/mol. The van der Waals surface area contributed by atoms with E-state index in [1.165, 1.54) is 6.20 Å². The fourth-order valence-corrected chi connectivity index (χ4v) is 1.65. The molecule has 2 N–H and O–H groups in total. The van der Waals surface area contributed by atoms with Gasteiger partial charge in [0.2, 0.25) is 0 Å². The molecule has 1 atom stereocenters. The molecule has 1 aromatic rings. The number of carboxylic acids is 1. The van der Waals surface area contributed by atoms with E-state index in [1.54, 1.807) is 21.1 Å². The molecular weight excluding hydrogens is 230 g/mol. The van der Waals surface area contributed by atoms with Gasteiger partial charge in [0.05, 0.1) is 39.2 Å². The molecule has 7 heteroatoms. The van der Waals surface area contributed by atoms with Crippen molar-refractivity contribution in [3.63, 3.8) is 0 Å². The van der Waals surface area contributed by atoms with E-state index in [0.29, 0.717) is 29.3 Å². The van der Waals surface area contributed by atoms with Crippen LogP contribution in [0.3, 0.4) is 0 Å². The molecule has 0 aliphatic carbocycles. The molecule has 0 aliphatic heterocycles. The first-order chi connectivity index (χ1) is 7.34. The van der Waals surface area contributed by atoms with Gasteiger partial charge in [-0.3, -0.25) is 0 Å². The van der Waals surface area contributed by atoms with Gasteiger partial charge in [0.25, 0.3) is 0 Å². The zero-order valence-corrected chi connectivity index (χ0v) is 10.2. The van der Waals surface area contributed by atoms with Gasteiger partial charge in [-0.05, 0) is 0 Å². The maximum absolute atomic E-state index is 11.0. The Hall–Kier alpha value is -1.05. The molecule has 1 heterocycles. The summed E-state index contributed by atoms with van der Waals surface area (Å²) in [5, 5.41) is 11.4. The van der Waals surface area contributed by atoms with E-state index in [2.05, 4.69) is 9.97 Å². The van der Waals surface area contributed by atoms with Crippen molar-refractivity contribution in [3.05, 3.63) is 11.9 Å². The molecule has 1 rings (SSSR count). The van der Waals surface area contributed by atoms with Crippen molar-refractivity contribution < 1.29 is 18.9 Å². The summed E-state index contributed by atoms with van der Waals surface area (Å²) >= 11 is 0.498. The van der Waals surface area contributed by atoms with E-state index >= 15 is 0 Å². The quantitative estimate of drug-likeness (QED) is 0.531. The molecule has 0 amide bonds. The van der Waals surface area contributed by atoms with E-state index in [1.807, 2.05) is 0 Å². The van der Waals surface area contributed by atoms with Gasteiger partial charge >= 0.3 is 0 Å². The third-order valence-corrected chi connectivity index (χ3v) is 2.69. The largest absolute Gasteiger partial charge is 0.544 e. The van der Waals surface area contributed by atoms with E-state index < -0.39 is 12.0 Å². The molecule has 0 radical (unpaired) electrons. The number of nitrogens with zero attached hydrogens (tertiary/aromatic N) is 2. The van der Waals surface area contributed by atoms with Crippen molar-refractivity contribution in [2.24, 2.45) is 0 Å². The van der Waals surface area contributed by atoms with Gasteiger partial charge < -0.3 is 23.9 Å². The van der Waals surface area contributed by atoms with Crippen LogP contribution in [-0.4, -0.2) is 52.2 Å². The van der Waals surface area contributed by atoms with Crippen molar-refractivity contribution in [2.75, 3.05) is 21.1 Å². The molecule has 16 heavy (non-hydrogen) atoms. The summed E-state index contributed by atoms with van der Waals surface area (Å²) in [5.41, 5.74) is 0.666. The normalized spacial score (nSPS) is 13.8. The zero-order chi connectivity index (χ0) is 12.3. The first-order valence-corrected chi connectivity index (χ1v) is 5.49. The molecule has 6 nitrogen and oxygen atoms in total. The highest BCUT2D eigenvalue weighted by molar-refractivity contribution is 7.93. The monoisotopic (exact) mass is 245 g/mol. The topological polar surface area (TPSA) is 89.0 Å². The third kappa shape index (κ3) is 3.22. The number of aliphatic carboxylic acids is 1. The van der Waals surface area contributed by atoms with E-state index in [9.17, 15) is 9.90 Å². The van der Waals surface area contributed by atoms with Crippen molar-refractivity contribution in [1.29, 1.82) is 0 Å². The summed E-state index contributed by atoms with van der Waals surface area (Å²) in [5.74, 6) is -1.10. The van der Waals surface area contributed by atoms with Crippen LogP contribution in [-0.2, 0) is 11.2 Å². The number of hydrogen-bond acceptors (Lipinski definition) is 5. The second-order valence-electron chi connectivity index (χ2n) is 4.46. The summed E-state index contributed by atoms with van der Waals surface area (Å²) < 4.78 is 9.01. The number of imidazole rings is 1. The minimum Gasteiger partial charge on any atom is -0.544 e. The Morgan fingerprint density at radius 3 is 2.69 bits per heavy atom. The predicted molar refractivity (Wildman–Crippen MR) is 57.6 cm³/mol. The predicted octanol–water partition coefficient (Wildman–Crippen LogP) is -0.658. The van der Waals surface area contributed by atoms with Crippen molar-refractivity contribution >= 4 is 18.0 Å². The van der Waals surface area contributed by atoms with Crippen LogP contribution in [0.4, 0.5) is 0 Å². The summed E-state index contributed by atoms with van der Waals surface area (Å²) in [6.45, 7) is 0. The Labute approximate surface area is 98.1 Å². The molecule has 0 spiro atoms. The number of nitrogens with one attached hydrogen (secondary N) is 1. The highest BCUT2D eigenvalue weighted by Crippen LogP contribution is 2.13. The second-order valence-corrected chi connectivity index (χ2v) is 5.03. The number of quaternary nitrogens is 1. The van der Waals surface area contributed by atoms with Crippen LogP contribution >= 0.6 is 12.0 Å². The highest BCUT2D eigenvalue weighted by atomic mass is 32.2. The molecule has 0 aliphatic rings. The smallest absolute Gasteiger partial charge is 0.192 e. The second kappa shape index (κ2) is 4.86. The lowest BCUT2D eigenvalue weighted by molar-refractivity contribution is -0.889. The number of aromatic nitrogens is 2. The van der Waals surface area contributed by atoms with Crippen LogP contribution in [0, 0.1) is 0 Å². The molecule has 0 saturated carbocycles. The van der Waals surface area contributed by atoms with Crippen LogP contribution in [0.5, 0.6) is 0 Å². The van der Waals surface area contributed by atoms with Crippen LogP contribution in [0.1, 0.15) is 5.69 Å². The molecule has 0 aromatic carbocycles. The van der Waals surface area contributed by atoms with E-state index in [0.717, 1.165) is 0 Å². The zero-order valence-electron chi connectivity index (χ0n) is 9.43. The Bertz CT molecular complexity index is 372. The average Bonchev–Trinajstić information content (AvgIpc) is 2.59. The number of H-pyrrole nitrogens is 1. The minimum absolute atomic E-state index is 0.267. The number of carboxylic acid groups (broad SMARTS) is 1. The van der Waals surface area contributed by atoms with Crippen molar-refractivity contribution in [2.45, 2.75) is 17.6 Å². The number of hydrogen-bond donors (Lipinski definition) is 2. The summed E-state index contributed by atoms with van der Waals surface area (Å²) in [6.07, 6.45) is 1.81. The Morgan fingerprint density at radius 1 is 1.69 bits per heavy atom. The van der Waals surface area contributed by atoms with Crippen LogP contribution in [0.25, 0.3) is 0 Å². The summed E-state index contributed by atoms with van der Waals surface area (Å²) in [6, 6.07) is -0.656. The van der Waals surface area contributed by atoms with Gasteiger partial charge in [0.1, 0.15) is 6.04 Å². The summed E-state index contributed by atoms with van der Waals surface area (Å²) in [7, 11) is 5.37. The van der Waals surface area contributed by atoms with Gasteiger partial charge in [-0.2, -0.15) is 0 Å². The SMILES string of the molecule is C[N+](C)(C)[C@@H](Cc1cnc(SO)[nH]1)C(=O)[O-]. The van der Waals surface area contributed by atoms with Gasteiger partial charge in [-0.25, -0.2) is 4.98 Å². The van der Waals surface area contributed by atoms with Gasteiger partial charge in [-0.15, -0.1) is 0 Å². The maximum Gasteiger partial charge on any atom is 0.192 e. The molecule has 1 aromatic heterocycles. The number of carbonyl (C=O) groups is 1. The number of likely N-dealkylation sites (N-methyl/N-ethyl adjacent to an activating group) is 1. The van der Waals surface area contributed by atoms with E-state index in [4.69, 9.17) is 4.55 Å². The standard InChI is InChI=1S/C9H15N3O3S/c1-12(2,3)7(8(13)14)4-6-5-10-9(11-6)16-15/h5,7H,4H2,1-3H3,(H2-,10,11,13,14,15)/t7-/m0/s1. The number of carbonyl (C=O) groups excluding carboxylic acids is 1. The molecule has 90 valence electrons. The fourth-order valence-electron chi connectivity index (χ4n) is 1.37. The summed E-state index contributed by atoms with van der Waals surface area (Å²) in [4.78, 5) is 17.7. The van der Waals surface area contributed by atoms with Gasteiger partial charge in [-0.1, -0.05) is 0 Å². The van der Waals surface area contributed by atoms with E-state index in [-0.39, 0.29) is 4.48 Å². The number of aromatic amines is 1. The first kappa shape index (κ1) is 13.0. The van der Waals surface area contributed by atoms with Crippen LogP contribution < -0.4 is 5.11 Å². The molecule has 0 saturated heterocycles.